The summed E-state index contributed by atoms with van der Waals surface area (Å²) in [5.41, 5.74) is 6.69. The molecule has 0 bridgehead atoms. The van der Waals surface area contributed by atoms with Crippen molar-refractivity contribution < 1.29 is 8.78 Å². The van der Waals surface area contributed by atoms with Crippen LogP contribution in [0, 0.1) is 5.92 Å². The van der Waals surface area contributed by atoms with Crippen LogP contribution in [0.15, 0.2) is 16.6 Å². The zero-order valence-corrected chi connectivity index (χ0v) is 9.63. The van der Waals surface area contributed by atoms with E-state index in [1.54, 1.807) is 6.08 Å². The number of nitrogens with two attached hydrogens (primary N) is 1. The number of hydrogen-bond donors (Lipinski definition) is 1. The molecule has 0 aromatic rings. The maximum Gasteiger partial charge on any atom is 0.257 e. The number of halogens is 2. The van der Waals surface area contributed by atoms with Crippen LogP contribution in [0.2, 0.25) is 0 Å². The van der Waals surface area contributed by atoms with Crippen LogP contribution in [0.5, 0.6) is 0 Å². The fourth-order valence-electron chi connectivity index (χ4n) is 1.23. The summed E-state index contributed by atoms with van der Waals surface area (Å²) in [5, 5.41) is 0. The van der Waals surface area contributed by atoms with E-state index in [0.717, 1.165) is 18.4 Å². The number of hydrogen-bond acceptors (Lipinski definition) is 1. The van der Waals surface area contributed by atoms with Crippen molar-refractivity contribution in [1.29, 1.82) is 0 Å². The summed E-state index contributed by atoms with van der Waals surface area (Å²) in [6.45, 7) is 5.67. The summed E-state index contributed by atoms with van der Waals surface area (Å²) in [5.74, 6) is 0.581. The number of allylic oxidation sites excluding steroid dienone is 1. The van der Waals surface area contributed by atoms with Crippen LogP contribution in [-0.2, 0) is 0 Å². The molecule has 0 aliphatic rings. The van der Waals surface area contributed by atoms with Gasteiger partial charge in [-0.1, -0.05) is 32.8 Å². The first kappa shape index (κ1) is 14.1. The largest absolute Gasteiger partial charge is 0.384 e. The Balaban J connectivity index is 4.45. The average molecular weight is 218 g/mol. The van der Waals surface area contributed by atoms with Crippen molar-refractivity contribution in [2.24, 2.45) is 16.6 Å². The number of rotatable bonds is 6. The fourth-order valence-corrected chi connectivity index (χ4v) is 1.23. The lowest BCUT2D eigenvalue weighted by Crippen LogP contribution is -2.13. The minimum absolute atomic E-state index is 0.201. The Morgan fingerprint density at radius 2 is 2.00 bits per heavy atom. The van der Waals surface area contributed by atoms with Crippen LogP contribution in [0.3, 0.4) is 0 Å². The molecule has 0 aliphatic carbocycles. The average Bonchev–Trinajstić information content (AvgIpc) is 2.14. The SMILES string of the molecule is CCC/C(=C/C(N)=NCC(F)F)C(C)C. The van der Waals surface area contributed by atoms with Crippen LogP contribution in [0.25, 0.3) is 0 Å². The van der Waals surface area contributed by atoms with E-state index in [0.29, 0.717) is 5.92 Å². The molecule has 0 unspecified atom stereocenters. The quantitative estimate of drug-likeness (QED) is 0.540. The minimum atomic E-state index is -2.43. The smallest absolute Gasteiger partial charge is 0.257 e. The van der Waals surface area contributed by atoms with Crippen LogP contribution < -0.4 is 5.73 Å². The first-order valence-corrected chi connectivity index (χ1v) is 5.25. The Bertz CT molecular complexity index is 233. The molecule has 0 amide bonds. The van der Waals surface area contributed by atoms with Gasteiger partial charge >= 0.3 is 0 Å². The summed E-state index contributed by atoms with van der Waals surface area (Å²) in [7, 11) is 0. The molecule has 0 fully saturated rings. The van der Waals surface area contributed by atoms with E-state index in [1.165, 1.54) is 0 Å². The van der Waals surface area contributed by atoms with Gasteiger partial charge in [0, 0.05) is 0 Å². The predicted octanol–water partition coefficient (Wildman–Crippen LogP) is 2.99. The van der Waals surface area contributed by atoms with Crippen molar-refractivity contribution in [3.63, 3.8) is 0 Å². The topological polar surface area (TPSA) is 38.4 Å². The van der Waals surface area contributed by atoms with Gasteiger partial charge in [-0.15, -0.1) is 0 Å². The van der Waals surface area contributed by atoms with Crippen molar-refractivity contribution in [1.82, 2.24) is 0 Å². The standard InChI is InChI=1S/C11H20F2N2/c1-4-5-9(8(2)3)6-11(14)15-7-10(12)13/h6,8,10H,4-5,7H2,1-3H3,(H2,14,15)/b9-6-. The zero-order valence-electron chi connectivity index (χ0n) is 9.63. The van der Waals surface area contributed by atoms with Crippen LogP contribution in [0.4, 0.5) is 8.78 Å². The van der Waals surface area contributed by atoms with Crippen molar-refractivity contribution in [3.05, 3.63) is 11.6 Å². The molecule has 0 radical (unpaired) electrons. The fraction of sp³-hybridized carbons (Fsp3) is 0.727. The highest BCUT2D eigenvalue weighted by Gasteiger charge is 2.04. The summed E-state index contributed by atoms with van der Waals surface area (Å²) in [4.78, 5) is 3.60. The van der Waals surface area contributed by atoms with Gasteiger partial charge in [0.1, 0.15) is 12.4 Å². The van der Waals surface area contributed by atoms with Crippen molar-refractivity contribution in [2.75, 3.05) is 6.54 Å². The Kier molecular flexibility index (Phi) is 6.92. The number of aliphatic imine (C=N–C) groups is 1. The van der Waals surface area contributed by atoms with Gasteiger partial charge in [-0.3, -0.25) is 4.99 Å². The molecule has 88 valence electrons. The van der Waals surface area contributed by atoms with E-state index in [2.05, 4.69) is 25.8 Å². The van der Waals surface area contributed by atoms with E-state index < -0.39 is 13.0 Å². The molecule has 0 saturated carbocycles. The highest BCUT2D eigenvalue weighted by atomic mass is 19.3. The zero-order chi connectivity index (χ0) is 11.8. The summed E-state index contributed by atoms with van der Waals surface area (Å²) < 4.78 is 23.7. The molecular weight excluding hydrogens is 198 g/mol. The van der Waals surface area contributed by atoms with Crippen LogP contribution in [-0.4, -0.2) is 18.8 Å². The molecule has 0 spiro atoms. The van der Waals surface area contributed by atoms with E-state index >= 15 is 0 Å². The third-order valence-corrected chi connectivity index (χ3v) is 2.03. The molecule has 2 N–H and O–H groups in total. The lowest BCUT2D eigenvalue weighted by molar-refractivity contribution is 0.159. The maximum atomic E-state index is 11.9. The van der Waals surface area contributed by atoms with Crippen LogP contribution >= 0.6 is 0 Å². The molecule has 0 atom stereocenters. The molecule has 0 heterocycles. The first-order valence-electron chi connectivity index (χ1n) is 5.25. The predicted molar refractivity (Wildman–Crippen MR) is 60.3 cm³/mol. The highest BCUT2D eigenvalue weighted by Crippen LogP contribution is 2.15. The summed E-state index contributed by atoms with van der Waals surface area (Å²) >= 11 is 0. The number of amidine groups is 1. The van der Waals surface area contributed by atoms with Crippen molar-refractivity contribution >= 4 is 5.84 Å². The van der Waals surface area contributed by atoms with Crippen molar-refractivity contribution in [3.8, 4) is 0 Å². The Hall–Kier alpha value is -0.930. The van der Waals surface area contributed by atoms with Gasteiger partial charge < -0.3 is 5.73 Å². The van der Waals surface area contributed by atoms with Crippen LogP contribution in [0.1, 0.15) is 33.6 Å². The van der Waals surface area contributed by atoms with Gasteiger partial charge in [0.2, 0.25) is 0 Å². The molecule has 0 aromatic carbocycles. The molecule has 0 rings (SSSR count). The van der Waals surface area contributed by atoms with Gasteiger partial charge in [0.05, 0.1) is 0 Å². The normalized spacial score (nSPS) is 14.1. The maximum absolute atomic E-state index is 11.9. The molecule has 0 aliphatic heterocycles. The van der Waals surface area contributed by atoms with Gasteiger partial charge in [-0.25, -0.2) is 8.78 Å². The molecule has 0 saturated heterocycles. The van der Waals surface area contributed by atoms with Gasteiger partial charge in [-0.05, 0) is 18.4 Å². The first-order chi connectivity index (χ1) is 6.97. The lowest BCUT2D eigenvalue weighted by Gasteiger charge is -2.09. The number of alkyl halides is 2. The van der Waals surface area contributed by atoms with Gasteiger partial charge in [0.15, 0.2) is 0 Å². The van der Waals surface area contributed by atoms with E-state index in [4.69, 9.17) is 5.73 Å². The van der Waals surface area contributed by atoms with Crippen molar-refractivity contribution in [2.45, 2.75) is 40.0 Å². The highest BCUT2D eigenvalue weighted by molar-refractivity contribution is 5.92. The minimum Gasteiger partial charge on any atom is -0.384 e. The summed E-state index contributed by atoms with van der Waals surface area (Å²) in [6.07, 6.45) is 1.25. The monoisotopic (exact) mass is 218 g/mol. The van der Waals surface area contributed by atoms with Gasteiger partial charge in [-0.2, -0.15) is 0 Å². The Morgan fingerprint density at radius 1 is 1.40 bits per heavy atom. The molecule has 4 heteroatoms. The molecule has 0 aromatic heterocycles. The Labute approximate surface area is 90.3 Å². The third-order valence-electron chi connectivity index (χ3n) is 2.03. The van der Waals surface area contributed by atoms with E-state index in [1.807, 2.05) is 0 Å². The second-order valence-corrected chi connectivity index (χ2v) is 3.78. The summed E-state index contributed by atoms with van der Waals surface area (Å²) in [6, 6.07) is 0. The molecular formula is C11H20F2N2. The lowest BCUT2D eigenvalue weighted by atomic mass is 9.98. The third kappa shape index (κ3) is 7.05. The van der Waals surface area contributed by atoms with Gasteiger partial charge in [0.25, 0.3) is 6.43 Å². The van der Waals surface area contributed by atoms with E-state index in [9.17, 15) is 8.78 Å². The second kappa shape index (κ2) is 7.37. The number of nitrogens with zero attached hydrogens (tertiary/aromatic N) is 1. The second-order valence-electron chi connectivity index (χ2n) is 3.78. The Morgan fingerprint density at radius 3 is 2.40 bits per heavy atom. The van der Waals surface area contributed by atoms with E-state index in [-0.39, 0.29) is 5.84 Å². The molecule has 2 nitrogen and oxygen atoms in total. The molecule has 15 heavy (non-hydrogen) atoms.